The molecule has 0 bridgehead atoms. The molecule has 0 atom stereocenters. The molecule has 0 radical (unpaired) electrons. The molecular weight excluding hydrogens is 232 g/mol. The van der Waals surface area contributed by atoms with Crippen molar-refractivity contribution >= 4 is 35.0 Å². The van der Waals surface area contributed by atoms with E-state index < -0.39 is 23.3 Å². The Hall–Kier alpha value is -0.294. The normalized spacial score (nSPS) is 11.1. The summed E-state index contributed by atoms with van der Waals surface area (Å²) < 4.78 is 0. The summed E-state index contributed by atoms with van der Waals surface area (Å²) in [4.78, 5) is 22.4. The predicted molar refractivity (Wildman–Crippen MR) is 69.3 cm³/mol. The van der Waals surface area contributed by atoms with Gasteiger partial charge in [-0.25, -0.2) is 0 Å². The van der Waals surface area contributed by atoms with Crippen molar-refractivity contribution in [3.05, 3.63) is 0 Å². The molecule has 0 spiro atoms. The van der Waals surface area contributed by atoms with Crippen LogP contribution in [-0.2, 0) is 9.59 Å². The number of hydrogen-bond donors (Lipinski definition) is 2. The number of carbonyl (C=O) groups is 2. The summed E-state index contributed by atoms with van der Waals surface area (Å²) in [5.41, 5.74) is -1.62. The molecule has 0 amide bonds. The summed E-state index contributed by atoms with van der Waals surface area (Å²) in [5, 5.41) is 18.3. The van der Waals surface area contributed by atoms with E-state index in [4.69, 9.17) is 10.2 Å². The summed E-state index contributed by atoms with van der Waals surface area (Å²) in [6, 6.07) is 0. The maximum atomic E-state index is 11.2. The van der Waals surface area contributed by atoms with Gasteiger partial charge >= 0.3 is 35.0 Å². The van der Waals surface area contributed by atoms with E-state index in [2.05, 4.69) is 6.92 Å². The molecule has 0 aromatic rings. The van der Waals surface area contributed by atoms with Crippen molar-refractivity contribution in [3.8, 4) is 0 Å². The van der Waals surface area contributed by atoms with Crippen molar-refractivity contribution in [2.45, 2.75) is 52.9 Å². The summed E-state index contributed by atoms with van der Waals surface area (Å²) in [6.07, 6.45) is 3.84. The predicted octanol–water partition coefficient (Wildman–Crippen LogP) is 2.61. The van der Waals surface area contributed by atoms with E-state index in [0.717, 1.165) is 19.3 Å². The van der Waals surface area contributed by atoms with E-state index in [1.807, 2.05) is 0 Å². The second kappa shape index (κ2) is 8.75. The molecule has 0 aliphatic heterocycles. The third kappa shape index (κ3) is 4.83. The summed E-state index contributed by atoms with van der Waals surface area (Å²) in [6.45, 7) is 5.37. The van der Waals surface area contributed by atoms with Gasteiger partial charge in [-0.05, 0) is 12.3 Å². The molecule has 5 heteroatoms. The van der Waals surface area contributed by atoms with Crippen LogP contribution in [0.4, 0.5) is 0 Å². The number of rotatable bonds is 8. The van der Waals surface area contributed by atoms with E-state index in [0.29, 0.717) is 6.42 Å². The maximum Gasteiger partial charge on any atom is 2.00 e. The van der Waals surface area contributed by atoms with Crippen molar-refractivity contribution in [1.82, 2.24) is 0 Å². The Labute approximate surface area is 122 Å². The Morgan fingerprint density at radius 3 is 1.88 bits per heavy atom. The fraction of sp³-hybridized carbons (Fsp3) is 0.833. The molecule has 0 aromatic heterocycles. The molecule has 0 aliphatic carbocycles. The Balaban J connectivity index is -0.000000375. The molecule has 0 aromatic carbocycles. The van der Waals surface area contributed by atoms with Crippen LogP contribution in [0, 0.1) is 11.3 Å². The molecule has 0 heterocycles. The van der Waals surface area contributed by atoms with Crippen molar-refractivity contribution in [2.24, 2.45) is 11.3 Å². The first-order valence-electron chi connectivity index (χ1n) is 5.86. The van der Waals surface area contributed by atoms with Crippen molar-refractivity contribution in [2.75, 3.05) is 0 Å². The average Bonchev–Trinajstić information content (AvgIpc) is 2.16. The van der Waals surface area contributed by atoms with Gasteiger partial charge in [0.2, 0.25) is 0 Å². The van der Waals surface area contributed by atoms with Gasteiger partial charge in [-0.15, -0.1) is 0 Å². The molecule has 0 fully saturated rings. The van der Waals surface area contributed by atoms with E-state index in [1.165, 1.54) is 0 Å². The second-order valence-corrected chi connectivity index (χ2v) is 4.55. The van der Waals surface area contributed by atoms with Crippen LogP contribution in [0.15, 0.2) is 0 Å². The average molecular weight is 257 g/mol. The smallest absolute Gasteiger partial charge is 1.00 e. The van der Waals surface area contributed by atoms with Gasteiger partial charge in [-0.3, -0.25) is 9.59 Å². The second-order valence-electron chi connectivity index (χ2n) is 4.55. The van der Waals surface area contributed by atoms with Gasteiger partial charge in [-0.2, -0.15) is 0 Å². The van der Waals surface area contributed by atoms with E-state index >= 15 is 0 Å². The Morgan fingerprint density at radius 2 is 1.59 bits per heavy atom. The summed E-state index contributed by atoms with van der Waals surface area (Å²) in [7, 11) is 0. The number of carboxylic acids is 2. The van der Waals surface area contributed by atoms with Gasteiger partial charge in [0.1, 0.15) is 0 Å². The monoisotopic (exact) mass is 256 g/mol. The third-order valence-corrected chi connectivity index (χ3v) is 3.17. The van der Waals surface area contributed by atoms with E-state index in [9.17, 15) is 9.59 Å². The quantitative estimate of drug-likeness (QED) is 0.398. The molecule has 0 saturated carbocycles. The van der Waals surface area contributed by atoms with Gasteiger partial charge < -0.3 is 13.1 Å². The maximum absolute atomic E-state index is 11.2. The number of unbranched alkanes of at least 4 members (excludes halogenated alkanes) is 3. The SMILES string of the molecule is CCCCCCC(C(=O)O)(C(=O)O)C(C)C.[H-].[H-].[Mg+2]. The Kier molecular flexibility index (Phi) is 9.80. The minimum absolute atomic E-state index is 0. The van der Waals surface area contributed by atoms with Crippen LogP contribution < -0.4 is 0 Å². The largest absolute Gasteiger partial charge is 2.00 e. The first kappa shape index (κ1) is 19.1. The number of hydrogen-bond acceptors (Lipinski definition) is 2. The standard InChI is InChI=1S/C12H22O4.Mg.2H/c1-4-5-6-7-8-12(9(2)3,10(13)14)11(15)16;;;/h9H,4-8H2,1-3H3,(H,13,14)(H,15,16);;;/q;+2;2*-1. The van der Waals surface area contributed by atoms with Gasteiger partial charge in [0.05, 0.1) is 0 Å². The molecule has 0 rings (SSSR count). The van der Waals surface area contributed by atoms with E-state index in [-0.39, 0.29) is 32.3 Å². The molecule has 4 nitrogen and oxygen atoms in total. The molecular formula is C12H24MgO4. The molecule has 2 N–H and O–H groups in total. The van der Waals surface area contributed by atoms with Gasteiger partial charge in [0, 0.05) is 0 Å². The molecule has 17 heavy (non-hydrogen) atoms. The Morgan fingerprint density at radius 1 is 1.12 bits per heavy atom. The van der Waals surface area contributed by atoms with Crippen LogP contribution in [0.5, 0.6) is 0 Å². The van der Waals surface area contributed by atoms with Crippen LogP contribution in [0.2, 0.25) is 0 Å². The number of carboxylic acid groups (broad SMARTS) is 2. The Bertz CT molecular complexity index is 246. The molecule has 0 aliphatic rings. The zero-order valence-electron chi connectivity index (χ0n) is 13.0. The van der Waals surface area contributed by atoms with Gasteiger partial charge in [0.25, 0.3) is 0 Å². The van der Waals surface area contributed by atoms with Crippen molar-refractivity contribution < 1.29 is 22.7 Å². The zero-order valence-corrected chi connectivity index (χ0v) is 12.4. The first-order valence-corrected chi connectivity index (χ1v) is 5.86. The minimum atomic E-state index is -1.62. The van der Waals surface area contributed by atoms with Crippen LogP contribution in [0.25, 0.3) is 0 Å². The molecule has 98 valence electrons. The van der Waals surface area contributed by atoms with Crippen LogP contribution in [-0.4, -0.2) is 45.2 Å². The fourth-order valence-electron chi connectivity index (χ4n) is 1.92. The molecule has 0 unspecified atom stereocenters. The fourth-order valence-corrected chi connectivity index (χ4v) is 1.92. The van der Waals surface area contributed by atoms with Crippen LogP contribution in [0.3, 0.4) is 0 Å². The van der Waals surface area contributed by atoms with Crippen molar-refractivity contribution in [3.63, 3.8) is 0 Å². The summed E-state index contributed by atoms with van der Waals surface area (Å²) >= 11 is 0. The van der Waals surface area contributed by atoms with Gasteiger partial charge in [0.15, 0.2) is 5.41 Å². The minimum Gasteiger partial charge on any atom is -1.00 e. The summed E-state index contributed by atoms with van der Waals surface area (Å²) in [5.74, 6) is -2.83. The van der Waals surface area contributed by atoms with E-state index in [1.54, 1.807) is 13.8 Å². The van der Waals surface area contributed by atoms with Crippen LogP contribution >= 0.6 is 0 Å². The topological polar surface area (TPSA) is 74.6 Å². The van der Waals surface area contributed by atoms with Crippen molar-refractivity contribution in [1.29, 1.82) is 0 Å². The zero-order chi connectivity index (χ0) is 12.8. The first-order chi connectivity index (χ1) is 7.39. The van der Waals surface area contributed by atoms with Gasteiger partial charge in [-0.1, -0.05) is 46.5 Å². The van der Waals surface area contributed by atoms with Crippen LogP contribution in [0.1, 0.15) is 55.7 Å². The molecule has 0 saturated heterocycles. The third-order valence-electron chi connectivity index (χ3n) is 3.17. The number of aliphatic carboxylic acids is 2.